The van der Waals surface area contributed by atoms with E-state index in [1.54, 1.807) is 6.92 Å². The minimum atomic E-state index is -0.350. The zero-order valence-electron chi connectivity index (χ0n) is 13.3. The highest BCUT2D eigenvalue weighted by molar-refractivity contribution is 6.29. The summed E-state index contributed by atoms with van der Waals surface area (Å²) in [4.78, 5) is 27.7. The molecule has 1 saturated heterocycles. The van der Waals surface area contributed by atoms with Gasteiger partial charge in [0.2, 0.25) is 5.91 Å². The van der Waals surface area contributed by atoms with E-state index in [-0.39, 0.29) is 22.8 Å². The minimum absolute atomic E-state index is 0.0888. The number of rotatable bonds is 3. The molecule has 0 atom stereocenters. The Bertz CT molecular complexity index is 751. The van der Waals surface area contributed by atoms with Crippen molar-refractivity contribution >= 4 is 34.8 Å². The van der Waals surface area contributed by atoms with Crippen LogP contribution >= 0.6 is 11.6 Å². The zero-order valence-corrected chi connectivity index (χ0v) is 14.0. The van der Waals surface area contributed by atoms with Crippen LogP contribution in [0.15, 0.2) is 40.8 Å². The molecule has 0 saturated carbocycles. The lowest BCUT2D eigenvalue weighted by molar-refractivity contribution is -0.129. The average Bonchev–Trinajstić information content (AvgIpc) is 3.02. The van der Waals surface area contributed by atoms with Crippen LogP contribution in [0.3, 0.4) is 0 Å². The van der Waals surface area contributed by atoms with Gasteiger partial charge in [0, 0.05) is 33.1 Å². The van der Waals surface area contributed by atoms with Gasteiger partial charge in [0.25, 0.3) is 5.91 Å². The predicted octanol–water partition coefficient (Wildman–Crippen LogP) is 2.85. The van der Waals surface area contributed by atoms with Crippen LogP contribution in [0.25, 0.3) is 0 Å². The van der Waals surface area contributed by atoms with Crippen molar-refractivity contribution in [3.63, 3.8) is 0 Å². The molecule has 0 radical (unpaired) electrons. The van der Waals surface area contributed by atoms with Crippen molar-refractivity contribution in [2.24, 2.45) is 0 Å². The van der Waals surface area contributed by atoms with Crippen LogP contribution in [0, 0.1) is 0 Å². The molecule has 24 heavy (non-hydrogen) atoms. The van der Waals surface area contributed by atoms with Crippen molar-refractivity contribution in [2.45, 2.75) is 6.92 Å². The number of piperazine rings is 1. The second kappa shape index (κ2) is 6.97. The van der Waals surface area contributed by atoms with E-state index < -0.39 is 0 Å². The summed E-state index contributed by atoms with van der Waals surface area (Å²) < 4.78 is 5.14. The lowest BCUT2D eigenvalue weighted by Crippen LogP contribution is -2.48. The van der Waals surface area contributed by atoms with Gasteiger partial charge in [-0.1, -0.05) is 12.1 Å². The molecule has 0 spiro atoms. The van der Waals surface area contributed by atoms with E-state index in [2.05, 4.69) is 10.2 Å². The second-order valence-electron chi connectivity index (χ2n) is 5.57. The molecule has 6 nitrogen and oxygen atoms in total. The minimum Gasteiger partial charge on any atom is -0.440 e. The number of benzene rings is 1. The lowest BCUT2D eigenvalue weighted by Gasteiger charge is -2.36. The fraction of sp³-hybridized carbons (Fsp3) is 0.294. The molecule has 1 aliphatic rings. The third-order valence-electron chi connectivity index (χ3n) is 4.01. The van der Waals surface area contributed by atoms with Crippen molar-refractivity contribution in [3.8, 4) is 0 Å². The quantitative estimate of drug-likeness (QED) is 0.927. The first-order chi connectivity index (χ1) is 11.5. The summed E-state index contributed by atoms with van der Waals surface area (Å²) in [6.07, 6.45) is 0. The average molecular weight is 348 g/mol. The number of hydrogen-bond acceptors (Lipinski definition) is 4. The summed E-state index contributed by atoms with van der Waals surface area (Å²) in [5, 5.41) is 3.03. The SMILES string of the molecule is CC(=O)N1CCN(c2ccccc2NC(=O)c2ccc(Cl)o2)CC1. The number of anilines is 2. The molecule has 0 bridgehead atoms. The molecule has 0 unspecified atom stereocenters. The smallest absolute Gasteiger partial charge is 0.291 e. The number of amides is 2. The van der Waals surface area contributed by atoms with E-state index in [1.807, 2.05) is 29.2 Å². The van der Waals surface area contributed by atoms with Gasteiger partial charge in [-0.3, -0.25) is 9.59 Å². The first-order valence-corrected chi connectivity index (χ1v) is 8.08. The Labute approximate surface area is 145 Å². The van der Waals surface area contributed by atoms with E-state index in [0.717, 1.165) is 18.8 Å². The molecular weight excluding hydrogens is 330 g/mol. The van der Waals surface area contributed by atoms with Crippen molar-refractivity contribution in [2.75, 3.05) is 36.4 Å². The van der Waals surface area contributed by atoms with Gasteiger partial charge in [-0.25, -0.2) is 0 Å². The molecular formula is C17H18ClN3O3. The molecule has 2 heterocycles. The maximum absolute atomic E-state index is 12.3. The standard InChI is InChI=1S/C17H18ClN3O3/c1-12(22)20-8-10-21(11-9-20)14-5-3-2-4-13(14)19-17(23)15-6-7-16(18)24-15/h2-7H,8-11H2,1H3,(H,19,23). The van der Waals surface area contributed by atoms with E-state index in [4.69, 9.17) is 16.0 Å². The molecule has 0 aliphatic carbocycles. The first kappa shape index (κ1) is 16.4. The number of furan rings is 1. The number of hydrogen-bond donors (Lipinski definition) is 1. The van der Waals surface area contributed by atoms with Gasteiger partial charge >= 0.3 is 0 Å². The molecule has 126 valence electrons. The molecule has 1 N–H and O–H groups in total. The Kier molecular flexibility index (Phi) is 4.76. The number of carbonyl (C=O) groups is 2. The number of halogens is 1. The van der Waals surface area contributed by atoms with Gasteiger partial charge in [-0.2, -0.15) is 0 Å². The van der Waals surface area contributed by atoms with Crippen molar-refractivity contribution < 1.29 is 14.0 Å². The molecule has 2 amide bonds. The molecule has 1 aromatic heterocycles. The van der Waals surface area contributed by atoms with E-state index >= 15 is 0 Å². The summed E-state index contributed by atoms with van der Waals surface area (Å²) in [5.41, 5.74) is 1.62. The lowest BCUT2D eigenvalue weighted by atomic mass is 10.2. The van der Waals surface area contributed by atoms with Crippen LogP contribution in [0.2, 0.25) is 5.22 Å². The summed E-state index contributed by atoms with van der Waals surface area (Å²) in [5.74, 6) is -0.0983. The Morgan fingerprint density at radius 1 is 1.08 bits per heavy atom. The Morgan fingerprint density at radius 3 is 2.42 bits per heavy atom. The second-order valence-corrected chi connectivity index (χ2v) is 5.94. The zero-order chi connectivity index (χ0) is 17.1. The maximum atomic E-state index is 12.3. The van der Waals surface area contributed by atoms with Crippen molar-refractivity contribution in [1.82, 2.24) is 4.90 Å². The van der Waals surface area contributed by atoms with Gasteiger partial charge in [0.1, 0.15) is 0 Å². The monoisotopic (exact) mass is 347 g/mol. The van der Waals surface area contributed by atoms with Crippen LogP contribution in [0.1, 0.15) is 17.5 Å². The van der Waals surface area contributed by atoms with Crippen molar-refractivity contribution in [1.29, 1.82) is 0 Å². The predicted molar refractivity (Wildman–Crippen MR) is 92.6 cm³/mol. The van der Waals surface area contributed by atoms with Gasteiger partial charge < -0.3 is 19.5 Å². The molecule has 3 rings (SSSR count). The van der Waals surface area contributed by atoms with Crippen LogP contribution in [0.4, 0.5) is 11.4 Å². The van der Waals surface area contributed by atoms with Gasteiger partial charge in [-0.15, -0.1) is 0 Å². The van der Waals surface area contributed by atoms with Crippen LogP contribution < -0.4 is 10.2 Å². The molecule has 1 aromatic carbocycles. The van der Waals surface area contributed by atoms with Gasteiger partial charge in [0.05, 0.1) is 11.4 Å². The van der Waals surface area contributed by atoms with E-state index in [1.165, 1.54) is 12.1 Å². The highest BCUT2D eigenvalue weighted by Gasteiger charge is 2.21. The Balaban J connectivity index is 1.74. The molecule has 1 aliphatic heterocycles. The van der Waals surface area contributed by atoms with Crippen molar-refractivity contribution in [3.05, 3.63) is 47.4 Å². The fourth-order valence-electron chi connectivity index (χ4n) is 2.74. The van der Waals surface area contributed by atoms with Gasteiger partial charge in [0.15, 0.2) is 11.0 Å². The number of nitrogens with one attached hydrogen (secondary N) is 1. The summed E-state index contributed by atoms with van der Waals surface area (Å²) in [6.45, 7) is 4.37. The summed E-state index contributed by atoms with van der Waals surface area (Å²) in [6, 6.07) is 10.6. The fourth-order valence-corrected chi connectivity index (χ4v) is 2.88. The molecule has 2 aromatic rings. The van der Waals surface area contributed by atoms with Crippen LogP contribution in [-0.2, 0) is 4.79 Å². The third kappa shape index (κ3) is 3.54. The molecule has 7 heteroatoms. The summed E-state index contributed by atoms with van der Waals surface area (Å²) >= 11 is 5.71. The normalized spacial score (nSPS) is 14.6. The van der Waals surface area contributed by atoms with Crippen LogP contribution in [0.5, 0.6) is 0 Å². The van der Waals surface area contributed by atoms with Crippen LogP contribution in [-0.4, -0.2) is 42.9 Å². The third-order valence-corrected chi connectivity index (χ3v) is 4.22. The van der Waals surface area contributed by atoms with Gasteiger partial charge in [-0.05, 0) is 35.9 Å². The number of nitrogens with zero attached hydrogens (tertiary/aromatic N) is 2. The highest BCUT2D eigenvalue weighted by Crippen LogP contribution is 2.27. The Morgan fingerprint density at radius 2 is 1.79 bits per heavy atom. The van der Waals surface area contributed by atoms with E-state index in [9.17, 15) is 9.59 Å². The summed E-state index contributed by atoms with van der Waals surface area (Å²) in [7, 11) is 0. The number of para-hydroxylation sites is 2. The highest BCUT2D eigenvalue weighted by atomic mass is 35.5. The number of carbonyl (C=O) groups excluding carboxylic acids is 2. The Hall–Kier alpha value is -2.47. The first-order valence-electron chi connectivity index (χ1n) is 7.71. The largest absolute Gasteiger partial charge is 0.440 e. The molecule has 1 fully saturated rings. The van der Waals surface area contributed by atoms with E-state index in [0.29, 0.717) is 18.8 Å². The topological polar surface area (TPSA) is 65.8 Å². The maximum Gasteiger partial charge on any atom is 0.291 e.